The van der Waals surface area contributed by atoms with Crippen LogP contribution >= 0.6 is 0 Å². The number of carbonyl (C=O) groups is 1. The molecule has 0 fully saturated rings. The maximum absolute atomic E-state index is 15.1. The number of phenolic OH excluding ortho intramolecular Hbond substituents is 1. The van der Waals surface area contributed by atoms with Gasteiger partial charge in [0.15, 0.2) is 5.54 Å². The Kier molecular flexibility index (Phi) is 7.66. The van der Waals surface area contributed by atoms with Gasteiger partial charge in [-0.15, -0.1) is 0 Å². The summed E-state index contributed by atoms with van der Waals surface area (Å²) in [5, 5.41) is 18.7. The Bertz CT molecular complexity index is 1160. The molecule has 3 aromatic rings. The highest BCUT2D eigenvalue weighted by molar-refractivity contribution is 5.85. The molecule has 34 heavy (non-hydrogen) atoms. The van der Waals surface area contributed by atoms with Crippen LogP contribution in [-0.2, 0) is 16.8 Å². The molecule has 4 rings (SSSR count). The molecule has 0 aliphatic carbocycles. The van der Waals surface area contributed by atoms with Crippen molar-refractivity contribution in [2.45, 2.75) is 32.2 Å². The second-order valence-corrected chi connectivity index (χ2v) is 7.58. The summed E-state index contributed by atoms with van der Waals surface area (Å²) in [5.41, 5.74) is 0.383. The van der Waals surface area contributed by atoms with Gasteiger partial charge in [0, 0.05) is 18.3 Å². The summed E-state index contributed by atoms with van der Waals surface area (Å²) in [6, 6.07) is 16.1. The van der Waals surface area contributed by atoms with E-state index in [4.69, 9.17) is 5.11 Å². The number of halogens is 3. The van der Waals surface area contributed by atoms with Crippen molar-refractivity contribution >= 4 is 17.7 Å². The first-order valence-corrected chi connectivity index (χ1v) is 11.0. The van der Waals surface area contributed by atoms with Crippen molar-refractivity contribution in [2.24, 2.45) is 0 Å². The molecule has 178 valence electrons. The third-order valence-electron chi connectivity index (χ3n) is 5.75. The normalized spacial score (nSPS) is 17.3. The monoisotopic (exact) mass is 469 g/mol. The van der Waals surface area contributed by atoms with Crippen molar-refractivity contribution in [3.05, 3.63) is 101 Å². The molecule has 0 saturated carbocycles. The second kappa shape index (κ2) is 10.5. The summed E-state index contributed by atoms with van der Waals surface area (Å²) in [5.74, 6) is -1.58. The van der Waals surface area contributed by atoms with Crippen molar-refractivity contribution in [3.8, 4) is 5.75 Å². The summed E-state index contributed by atoms with van der Waals surface area (Å²) in [6.07, 6.45) is -0.0844. The molecule has 0 bridgehead atoms. The number of hydrogen-bond acceptors (Lipinski definition) is 3. The third-order valence-corrected chi connectivity index (χ3v) is 5.75. The first-order chi connectivity index (χ1) is 16.3. The lowest BCUT2D eigenvalue weighted by atomic mass is 9.75. The van der Waals surface area contributed by atoms with E-state index >= 15 is 8.78 Å². The van der Waals surface area contributed by atoms with Crippen molar-refractivity contribution < 1.29 is 28.2 Å². The molecule has 3 aromatic carbocycles. The average molecular weight is 470 g/mol. The first-order valence-electron chi connectivity index (χ1n) is 11.0. The van der Waals surface area contributed by atoms with E-state index in [9.17, 15) is 14.3 Å². The predicted molar refractivity (Wildman–Crippen MR) is 127 cm³/mol. The third kappa shape index (κ3) is 4.64. The molecule has 0 spiro atoms. The fourth-order valence-corrected chi connectivity index (χ4v) is 4.36. The van der Waals surface area contributed by atoms with Crippen molar-refractivity contribution in [2.75, 3.05) is 11.4 Å². The fraction of sp³-hybridized carbons (Fsp3) is 0.222. The van der Waals surface area contributed by atoms with Crippen LogP contribution in [0, 0.1) is 5.82 Å². The highest BCUT2D eigenvalue weighted by Gasteiger charge is 2.51. The predicted octanol–water partition coefficient (Wildman–Crippen LogP) is 6.23. The van der Waals surface area contributed by atoms with Gasteiger partial charge in [-0.25, -0.2) is 18.0 Å². The average Bonchev–Trinajstić information content (AvgIpc) is 2.84. The molecule has 1 heterocycles. The number of rotatable bonds is 5. The molecule has 7 heteroatoms. The summed E-state index contributed by atoms with van der Waals surface area (Å²) in [4.78, 5) is 12.3. The number of hydrogen-bond donors (Lipinski definition) is 2. The van der Waals surface area contributed by atoms with Crippen LogP contribution < -0.4 is 4.90 Å². The number of aliphatic carboxylic acids is 1. The maximum Gasteiger partial charge on any atom is 0.328 e. The van der Waals surface area contributed by atoms with Crippen LogP contribution in [0.1, 0.15) is 36.1 Å². The zero-order valence-electron chi connectivity index (χ0n) is 18.9. The summed E-state index contributed by atoms with van der Waals surface area (Å²) >= 11 is 0. The van der Waals surface area contributed by atoms with E-state index in [1.165, 1.54) is 48.5 Å². The number of aromatic hydroxyl groups is 1. The molecule has 0 saturated heterocycles. The van der Waals surface area contributed by atoms with Crippen LogP contribution in [0.5, 0.6) is 5.75 Å². The van der Waals surface area contributed by atoms with Gasteiger partial charge in [-0.3, -0.25) is 0 Å². The molecule has 0 radical (unpaired) electrons. The number of benzene rings is 3. The summed E-state index contributed by atoms with van der Waals surface area (Å²) in [6.45, 7) is 4.23. The minimum atomic E-state index is -2.86. The number of fused-ring (bicyclic) bond motifs is 1. The molecule has 0 aromatic heterocycles. The van der Waals surface area contributed by atoms with Crippen molar-refractivity contribution in [1.29, 1.82) is 0 Å². The SMILES string of the molecule is CC.O=C(O)/C=C/c1ccc(C2(C(F)F)c3ccc(O)cc3CCN2c2ccc(F)cc2)cc1. The van der Waals surface area contributed by atoms with E-state index in [0.717, 1.165) is 6.08 Å². The van der Waals surface area contributed by atoms with Gasteiger partial charge in [0.2, 0.25) is 0 Å². The van der Waals surface area contributed by atoms with Gasteiger partial charge in [-0.1, -0.05) is 44.2 Å². The van der Waals surface area contributed by atoms with Crippen LogP contribution in [0.4, 0.5) is 18.9 Å². The number of carboxylic acid groups (broad SMARTS) is 1. The largest absolute Gasteiger partial charge is 0.508 e. The van der Waals surface area contributed by atoms with E-state index in [0.29, 0.717) is 34.4 Å². The molecule has 0 amide bonds. The smallest absolute Gasteiger partial charge is 0.328 e. The fourth-order valence-electron chi connectivity index (χ4n) is 4.36. The minimum Gasteiger partial charge on any atom is -0.508 e. The number of phenols is 1. The number of nitrogens with zero attached hydrogens (tertiary/aromatic N) is 1. The van der Waals surface area contributed by atoms with Crippen LogP contribution in [0.2, 0.25) is 0 Å². The van der Waals surface area contributed by atoms with E-state index in [-0.39, 0.29) is 12.3 Å². The molecular weight excluding hydrogens is 443 g/mol. The Balaban J connectivity index is 0.00000158. The number of alkyl halides is 2. The van der Waals surface area contributed by atoms with Crippen LogP contribution in [0.25, 0.3) is 6.08 Å². The van der Waals surface area contributed by atoms with Gasteiger partial charge in [0.05, 0.1) is 0 Å². The molecule has 1 aliphatic heterocycles. The topological polar surface area (TPSA) is 60.8 Å². The van der Waals surface area contributed by atoms with Crippen LogP contribution in [-0.4, -0.2) is 29.2 Å². The maximum atomic E-state index is 15.1. The van der Waals surface area contributed by atoms with Crippen LogP contribution in [0.3, 0.4) is 0 Å². The quantitative estimate of drug-likeness (QED) is 0.435. The Morgan fingerprint density at radius 3 is 2.26 bits per heavy atom. The van der Waals surface area contributed by atoms with Gasteiger partial charge in [-0.2, -0.15) is 0 Å². The summed E-state index contributed by atoms with van der Waals surface area (Å²) in [7, 11) is 0. The van der Waals surface area contributed by atoms with Crippen molar-refractivity contribution in [1.82, 2.24) is 0 Å². The first kappa shape index (κ1) is 24.9. The van der Waals surface area contributed by atoms with Crippen LogP contribution in [0.15, 0.2) is 72.8 Å². The summed E-state index contributed by atoms with van der Waals surface area (Å²) < 4.78 is 43.8. The molecule has 1 atom stereocenters. The van der Waals surface area contributed by atoms with Crippen molar-refractivity contribution in [3.63, 3.8) is 0 Å². The molecule has 1 unspecified atom stereocenters. The van der Waals surface area contributed by atoms with Gasteiger partial charge < -0.3 is 15.1 Å². The van der Waals surface area contributed by atoms with Gasteiger partial charge in [0.25, 0.3) is 6.43 Å². The molecular formula is C27H26F3NO3. The minimum absolute atomic E-state index is 0.00342. The Hall–Kier alpha value is -3.74. The molecule has 2 N–H and O–H groups in total. The highest BCUT2D eigenvalue weighted by Crippen LogP contribution is 2.48. The van der Waals surface area contributed by atoms with Gasteiger partial charge in [-0.05, 0) is 71.1 Å². The second-order valence-electron chi connectivity index (χ2n) is 7.58. The van der Waals surface area contributed by atoms with Gasteiger partial charge in [0.1, 0.15) is 11.6 Å². The van der Waals surface area contributed by atoms with E-state index in [1.54, 1.807) is 29.2 Å². The Labute approximate surface area is 196 Å². The zero-order chi connectivity index (χ0) is 24.9. The van der Waals surface area contributed by atoms with Gasteiger partial charge >= 0.3 is 5.97 Å². The molecule has 4 nitrogen and oxygen atoms in total. The zero-order valence-corrected chi connectivity index (χ0v) is 18.9. The lowest BCUT2D eigenvalue weighted by Gasteiger charge is -2.49. The lowest BCUT2D eigenvalue weighted by Crippen LogP contribution is -2.56. The van der Waals surface area contributed by atoms with E-state index in [1.807, 2.05) is 13.8 Å². The van der Waals surface area contributed by atoms with E-state index < -0.39 is 23.8 Å². The molecule has 1 aliphatic rings. The van der Waals surface area contributed by atoms with E-state index in [2.05, 4.69) is 0 Å². The number of anilines is 1. The highest BCUT2D eigenvalue weighted by atomic mass is 19.3. The lowest BCUT2D eigenvalue weighted by molar-refractivity contribution is -0.131. The standard InChI is InChI=1S/C25H20F3NO3.C2H6/c26-19-6-8-20(9-7-19)29-14-13-17-15-21(30)10-11-22(17)25(29,24(27)28)18-4-1-16(2-5-18)3-12-23(31)32;1-2/h1-12,15,24,30H,13-14H2,(H,31,32);1-2H3/b12-3+;. The Morgan fingerprint density at radius 2 is 1.68 bits per heavy atom. The Morgan fingerprint density at radius 1 is 1.03 bits per heavy atom. The number of carboxylic acids is 1.